The van der Waals surface area contributed by atoms with Crippen LogP contribution in [0.3, 0.4) is 0 Å². The second-order valence-electron chi connectivity index (χ2n) is 3.49. The van der Waals surface area contributed by atoms with Crippen LogP contribution in [0.15, 0.2) is 10.8 Å². The molecule has 0 aliphatic rings. The number of hydrogen-bond acceptors (Lipinski definition) is 4. The average molecular weight is 197 g/mol. The Hall–Kier alpha value is -1.32. The molecular weight excluding hydrogens is 182 g/mol. The summed E-state index contributed by atoms with van der Waals surface area (Å²) in [5, 5.41) is 3.78. The third kappa shape index (κ3) is 2.58. The van der Waals surface area contributed by atoms with E-state index in [4.69, 9.17) is 9.26 Å². The number of carbonyl (C=O) groups excluding carboxylic acids is 1. The SMILES string of the molecule is CCOC(=O)c1conc1CC(C)C. The number of aromatic nitrogens is 1. The lowest BCUT2D eigenvalue weighted by molar-refractivity contribution is 0.0524. The van der Waals surface area contributed by atoms with Gasteiger partial charge in [0.2, 0.25) is 0 Å². The van der Waals surface area contributed by atoms with Crippen LogP contribution >= 0.6 is 0 Å². The smallest absolute Gasteiger partial charge is 0.343 e. The van der Waals surface area contributed by atoms with Crippen LogP contribution in [-0.2, 0) is 11.2 Å². The molecule has 0 aliphatic heterocycles. The Balaban J connectivity index is 2.76. The molecule has 0 bridgehead atoms. The topological polar surface area (TPSA) is 52.3 Å². The molecule has 0 aliphatic carbocycles. The van der Waals surface area contributed by atoms with Crippen molar-refractivity contribution in [2.45, 2.75) is 27.2 Å². The van der Waals surface area contributed by atoms with Gasteiger partial charge in [0.25, 0.3) is 0 Å². The Morgan fingerprint density at radius 2 is 2.36 bits per heavy atom. The van der Waals surface area contributed by atoms with Crippen molar-refractivity contribution in [2.24, 2.45) is 5.92 Å². The van der Waals surface area contributed by atoms with Crippen molar-refractivity contribution in [1.82, 2.24) is 5.16 Å². The zero-order chi connectivity index (χ0) is 10.6. The zero-order valence-electron chi connectivity index (χ0n) is 8.74. The summed E-state index contributed by atoms with van der Waals surface area (Å²) < 4.78 is 9.63. The number of nitrogens with zero attached hydrogens (tertiary/aromatic N) is 1. The van der Waals surface area contributed by atoms with E-state index < -0.39 is 0 Å². The standard InChI is InChI=1S/C10H15NO3/c1-4-13-10(12)8-6-14-11-9(8)5-7(2)3/h6-7H,4-5H2,1-3H3. The molecule has 0 fully saturated rings. The summed E-state index contributed by atoms with van der Waals surface area (Å²) in [5.41, 5.74) is 1.12. The molecule has 4 nitrogen and oxygen atoms in total. The molecule has 1 aromatic heterocycles. The van der Waals surface area contributed by atoms with Gasteiger partial charge in [-0.3, -0.25) is 0 Å². The van der Waals surface area contributed by atoms with E-state index in [0.29, 0.717) is 23.8 Å². The van der Waals surface area contributed by atoms with Crippen LogP contribution in [-0.4, -0.2) is 17.7 Å². The maximum Gasteiger partial charge on any atom is 0.343 e. The number of carbonyl (C=O) groups is 1. The molecule has 0 amide bonds. The second-order valence-corrected chi connectivity index (χ2v) is 3.49. The van der Waals surface area contributed by atoms with Crippen LogP contribution in [0.25, 0.3) is 0 Å². The van der Waals surface area contributed by atoms with E-state index in [9.17, 15) is 4.79 Å². The predicted molar refractivity (Wildman–Crippen MR) is 51.0 cm³/mol. The molecule has 14 heavy (non-hydrogen) atoms. The minimum Gasteiger partial charge on any atom is -0.462 e. The van der Waals surface area contributed by atoms with E-state index in [1.165, 1.54) is 6.26 Å². The fraction of sp³-hybridized carbons (Fsp3) is 0.600. The molecule has 0 N–H and O–H groups in total. The Morgan fingerprint density at radius 1 is 1.64 bits per heavy atom. The highest BCUT2D eigenvalue weighted by molar-refractivity contribution is 5.90. The molecule has 0 saturated carbocycles. The number of esters is 1. The molecule has 1 heterocycles. The van der Waals surface area contributed by atoms with E-state index in [0.717, 1.165) is 6.42 Å². The molecule has 0 saturated heterocycles. The fourth-order valence-electron chi connectivity index (χ4n) is 1.17. The van der Waals surface area contributed by atoms with Gasteiger partial charge in [-0.15, -0.1) is 0 Å². The van der Waals surface area contributed by atoms with Crippen LogP contribution in [0.1, 0.15) is 36.8 Å². The molecule has 0 atom stereocenters. The first kappa shape index (κ1) is 10.8. The lowest BCUT2D eigenvalue weighted by atomic mass is 10.1. The van der Waals surface area contributed by atoms with Gasteiger partial charge in [-0.25, -0.2) is 4.79 Å². The van der Waals surface area contributed by atoms with Crippen molar-refractivity contribution < 1.29 is 14.1 Å². The van der Waals surface area contributed by atoms with E-state index in [1.807, 2.05) is 0 Å². The van der Waals surface area contributed by atoms with Crippen molar-refractivity contribution in [1.29, 1.82) is 0 Å². The first-order valence-corrected chi connectivity index (χ1v) is 4.75. The molecule has 1 rings (SSSR count). The van der Waals surface area contributed by atoms with Crippen LogP contribution in [0, 0.1) is 5.92 Å². The molecule has 0 spiro atoms. The van der Waals surface area contributed by atoms with E-state index in [1.54, 1.807) is 6.92 Å². The minimum atomic E-state index is -0.357. The van der Waals surface area contributed by atoms with Crippen LogP contribution < -0.4 is 0 Å². The van der Waals surface area contributed by atoms with Crippen molar-refractivity contribution in [2.75, 3.05) is 6.61 Å². The Bertz CT molecular complexity index is 304. The Morgan fingerprint density at radius 3 is 2.93 bits per heavy atom. The van der Waals surface area contributed by atoms with Gasteiger partial charge in [0.15, 0.2) is 0 Å². The third-order valence-electron chi connectivity index (χ3n) is 1.74. The Kier molecular flexibility index (Phi) is 3.68. The first-order valence-electron chi connectivity index (χ1n) is 4.75. The van der Waals surface area contributed by atoms with Crippen molar-refractivity contribution in [3.05, 3.63) is 17.5 Å². The van der Waals surface area contributed by atoms with Gasteiger partial charge < -0.3 is 9.26 Å². The largest absolute Gasteiger partial charge is 0.462 e. The lowest BCUT2D eigenvalue weighted by Crippen LogP contribution is -2.08. The highest BCUT2D eigenvalue weighted by Gasteiger charge is 2.17. The second kappa shape index (κ2) is 4.79. The third-order valence-corrected chi connectivity index (χ3v) is 1.74. The van der Waals surface area contributed by atoms with Gasteiger partial charge in [0.05, 0.1) is 12.3 Å². The van der Waals surface area contributed by atoms with Crippen LogP contribution in [0.5, 0.6) is 0 Å². The van der Waals surface area contributed by atoms with Crippen LogP contribution in [0.2, 0.25) is 0 Å². The van der Waals surface area contributed by atoms with Crippen LogP contribution in [0.4, 0.5) is 0 Å². The summed E-state index contributed by atoms with van der Waals surface area (Å²) in [4.78, 5) is 11.4. The normalized spacial score (nSPS) is 10.6. The van der Waals surface area contributed by atoms with Crippen molar-refractivity contribution in [3.8, 4) is 0 Å². The molecule has 1 aromatic rings. The molecule has 0 radical (unpaired) electrons. The van der Waals surface area contributed by atoms with E-state index in [2.05, 4.69) is 19.0 Å². The highest BCUT2D eigenvalue weighted by atomic mass is 16.5. The maximum absolute atomic E-state index is 11.4. The summed E-state index contributed by atoms with van der Waals surface area (Å²) in [6, 6.07) is 0. The van der Waals surface area contributed by atoms with E-state index in [-0.39, 0.29) is 5.97 Å². The molecule has 0 unspecified atom stereocenters. The number of hydrogen-bond donors (Lipinski definition) is 0. The fourth-order valence-corrected chi connectivity index (χ4v) is 1.17. The monoisotopic (exact) mass is 197 g/mol. The molecule has 0 aromatic carbocycles. The van der Waals surface area contributed by atoms with Gasteiger partial charge >= 0.3 is 5.97 Å². The maximum atomic E-state index is 11.4. The summed E-state index contributed by atoms with van der Waals surface area (Å²) in [5.74, 6) is 0.0812. The Labute approximate surface area is 83.2 Å². The van der Waals surface area contributed by atoms with E-state index >= 15 is 0 Å². The zero-order valence-corrected chi connectivity index (χ0v) is 8.74. The lowest BCUT2D eigenvalue weighted by Gasteiger charge is -2.03. The number of rotatable bonds is 4. The summed E-state index contributed by atoms with van der Waals surface area (Å²) in [7, 11) is 0. The van der Waals surface area contributed by atoms with Crippen molar-refractivity contribution >= 4 is 5.97 Å². The average Bonchev–Trinajstić information content (AvgIpc) is 2.51. The molecule has 78 valence electrons. The van der Waals surface area contributed by atoms with Gasteiger partial charge in [0, 0.05) is 0 Å². The van der Waals surface area contributed by atoms with Gasteiger partial charge in [-0.2, -0.15) is 0 Å². The van der Waals surface area contributed by atoms with Gasteiger partial charge in [-0.05, 0) is 19.3 Å². The quantitative estimate of drug-likeness (QED) is 0.693. The van der Waals surface area contributed by atoms with Crippen molar-refractivity contribution in [3.63, 3.8) is 0 Å². The van der Waals surface area contributed by atoms with Gasteiger partial charge in [0.1, 0.15) is 11.8 Å². The number of ether oxygens (including phenoxy) is 1. The molecular formula is C10H15NO3. The van der Waals surface area contributed by atoms with Gasteiger partial charge in [-0.1, -0.05) is 19.0 Å². The summed E-state index contributed by atoms with van der Waals surface area (Å²) in [6.45, 7) is 6.26. The summed E-state index contributed by atoms with van der Waals surface area (Å²) >= 11 is 0. The highest BCUT2D eigenvalue weighted by Crippen LogP contribution is 2.13. The summed E-state index contributed by atoms with van der Waals surface area (Å²) in [6.07, 6.45) is 2.07. The first-order chi connectivity index (χ1) is 6.65. The molecule has 4 heteroatoms. The predicted octanol–water partition coefficient (Wildman–Crippen LogP) is 2.05. The minimum absolute atomic E-state index is 0.357.